The minimum Gasteiger partial charge on any atom is -0.334 e. The van der Waals surface area contributed by atoms with E-state index in [4.69, 9.17) is 0 Å². The molecular weight excluding hydrogens is 391 g/mol. The van der Waals surface area contributed by atoms with Crippen LogP contribution in [0.5, 0.6) is 0 Å². The van der Waals surface area contributed by atoms with Crippen LogP contribution < -0.4 is 10.6 Å². The first kappa shape index (κ1) is 22.9. The number of carbonyl (C=O) groups excluding carboxylic acids is 1. The number of amides is 2. The van der Waals surface area contributed by atoms with Gasteiger partial charge in [-0.2, -0.15) is 0 Å². The molecule has 1 aliphatic carbocycles. The van der Waals surface area contributed by atoms with Crippen LogP contribution in [0, 0.1) is 11.7 Å². The molecule has 1 saturated carbocycles. The molecular formula is C23H34F3N3O. The number of rotatable bonds is 6. The lowest BCUT2D eigenvalue weighted by Gasteiger charge is -2.46. The summed E-state index contributed by atoms with van der Waals surface area (Å²) in [5.74, 6) is -2.66. The molecule has 2 fully saturated rings. The normalized spacial score (nSPS) is 25.7. The van der Waals surface area contributed by atoms with Gasteiger partial charge in [-0.15, -0.1) is 0 Å². The SMILES string of the molecule is CNC[C@H](CC1CCC(F)(F)CC1)NC(=O)N1CCCCC1(C)c1ccccc1F. The Morgan fingerprint density at radius 1 is 1.20 bits per heavy atom. The van der Waals surface area contributed by atoms with Gasteiger partial charge in [-0.1, -0.05) is 18.2 Å². The van der Waals surface area contributed by atoms with Gasteiger partial charge in [-0.3, -0.25) is 0 Å². The van der Waals surface area contributed by atoms with E-state index in [-0.39, 0.29) is 36.6 Å². The van der Waals surface area contributed by atoms with E-state index >= 15 is 0 Å². The second-order valence-corrected chi connectivity index (χ2v) is 9.10. The predicted octanol–water partition coefficient (Wildman–Crippen LogP) is 5.04. The molecule has 0 bridgehead atoms. The van der Waals surface area contributed by atoms with Crippen molar-refractivity contribution in [2.45, 2.75) is 75.8 Å². The number of piperidine rings is 1. The maximum absolute atomic E-state index is 14.6. The Bertz CT molecular complexity index is 719. The van der Waals surface area contributed by atoms with Gasteiger partial charge in [-0.25, -0.2) is 18.0 Å². The van der Waals surface area contributed by atoms with Crippen molar-refractivity contribution in [3.63, 3.8) is 0 Å². The molecule has 2 aliphatic rings. The molecule has 1 aliphatic heterocycles. The van der Waals surface area contributed by atoms with E-state index in [0.29, 0.717) is 44.3 Å². The van der Waals surface area contributed by atoms with Crippen molar-refractivity contribution in [1.29, 1.82) is 0 Å². The molecule has 1 saturated heterocycles. The molecule has 1 unspecified atom stereocenters. The highest BCUT2D eigenvalue weighted by atomic mass is 19.3. The quantitative estimate of drug-likeness (QED) is 0.671. The van der Waals surface area contributed by atoms with Crippen molar-refractivity contribution >= 4 is 6.03 Å². The molecule has 3 rings (SSSR count). The Labute approximate surface area is 177 Å². The van der Waals surface area contributed by atoms with Crippen LogP contribution in [0.2, 0.25) is 0 Å². The molecule has 0 aromatic heterocycles. The lowest BCUT2D eigenvalue weighted by atomic mass is 9.81. The summed E-state index contributed by atoms with van der Waals surface area (Å²) in [7, 11) is 1.82. The number of likely N-dealkylation sites (N-methyl/N-ethyl adjacent to an activating group) is 1. The van der Waals surface area contributed by atoms with Gasteiger partial charge in [0.2, 0.25) is 5.92 Å². The molecule has 30 heavy (non-hydrogen) atoms. The number of hydrogen-bond donors (Lipinski definition) is 2. The number of benzene rings is 1. The van der Waals surface area contributed by atoms with Crippen molar-refractivity contribution in [1.82, 2.24) is 15.5 Å². The number of carbonyl (C=O) groups is 1. The van der Waals surface area contributed by atoms with Crippen LogP contribution in [0.15, 0.2) is 24.3 Å². The largest absolute Gasteiger partial charge is 0.334 e. The van der Waals surface area contributed by atoms with Gasteiger partial charge >= 0.3 is 6.03 Å². The first-order chi connectivity index (χ1) is 14.2. The van der Waals surface area contributed by atoms with E-state index in [1.165, 1.54) is 6.07 Å². The zero-order valence-electron chi connectivity index (χ0n) is 18.0. The Balaban J connectivity index is 1.70. The van der Waals surface area contributed by atoms with Gasteiger partial charge in [0.05, 0.1) is 5.54 Å². The number of urea groups is 1. The number of halogens is 3. The summed E-state index contributed by atoms with van der Waals surface area (Å²) in [6.07, 6.45) is 4.02. The average molecular weight is 426 g/mol. The summed E-state index contributed by atoms with van der Waals surface area (Å²) in [5, 5.41) is 6.22. The second-order valence-electron chi connectivity index (χ2n) is 9.10. The van der Waals surface area contributed by atoms with Crippen LogP contribution >= 0.6 is 0 Å². The molecule has 0 spiro atoms. The molecule has 1 heterocycles. The predicted molar refractivity (Wildman–Crippen MR) is 112 cm³/mol. The van der Waals surface area contributed by atoms with Crippen LogP contribution in [0.25, 0.3) is 0 Å². The van der Waals surface area contributed by atoms with Crippen LogP contribution in [-0.4, -0.2) is 43.0 Å². The molecule has 7 heteroatoms. The van der Waals surface area contributed by atoms with E-state index in [0.717, 1.165) is 12.8 Å². The zero-order chi connectivity index (χ0) is 21.8. The molecule has 4 nitrogen and oxygen atoms in total. The third-order valence-electron chi connectivity index (χ3n) is 6.82. The van der Waals surface area contributed by atoms with Gasteiger partial charge in [0.25, 0.3) is 0 Å². The van der Waals surface area contributed by atoms with Crippen molar-refractivity contribution < 1.29 is 18.0 Å². The fourth-order valence-corrected chi connectivity index (χ4v) is 5.05. The fraction of sp³-hybridized carbons (Fsp3) is 0.696. The lowest BCUT2D eigenvalue weighted by molar-refractivity contribution is -0.0473. The van der Waals surface area contributed by atoms with E-state index in [1.807, 2.05) is 14.0 Å². The van der Waals surface area contributed by atoms with Crippen molar-refractivity contribution in [3.05, 3.63) is 35.6 Å². The third-order valence-corrected chi connectivity index (χ3v) is 6.82. The molecule has 1 aromatic carbocycles. The maximum Gasteiger partial charge on any atom is 0.318 e. The topological polar surface area (TPSA) is 44.4 Å². The summed E-state index contributed by atoms with van der Waals surface area (Å²) in [6, 6.07) is 6.30. The molecule has 2 atom stereocenters. The fourth-order valence-electron chi connectivity index (χ4n) is 5.05. The Morgan fingerprint density at radius 2 is 1.90 bits per heavy atom. The summed E-state index contributed by atoms with van der Waals surface area (Å²) >= 11 is 0. The van der Waals surface area contributed by atoms with E-state index < -0.39 is 11.5 Å². The second kappa shape index (κ2) is 9.58. The van der Waals surface area contributed by atoms with E-state index in [1.54, 1.807) is 23.1 Å². The zero-order valence-corrected chi connectivity index (χ0v) is 18.0. The smallest absolute Gasteiger partial charge is 0.318 e. The van der Waals surface area contributed by atoms with Gasteiger partial charge in [-0.05, 0) is 64.5 Å². The van der Waals surface area contributed by atoms with Gasteiger partial charge in [0.1, 0.15) is 5.82 Å². The van der Waals surface area contributed by atoms with Gasteiger partial charge in [0, 0.05) is 37.5 Å². The first-order valence-electron chi connectivity index (χ1n) is 11.1. The molecule has 168 valence electrons. The maximum atomic E-state index is 14.6. The number of likely N-dealkylation sites (tertiary alicyclic amines) is 1. The minimum atomic E-state index is -2.55. The molecule has 1 aromatic rings. The van der Waals surface area contributed by atoms with Crippen LogP contribution in [0.4, 0.5) is 18.0 Å². The summed E-state index contributed by atoms with van der Waals surface area (Å²) in [4.78, 5) is 15.0. The number of nitrogens with zero attached hydrogens (tertiary/aromatic N) is 1. The third kappa shape index (κ3) is 5.29. The summed E-state index contributed by atoms with van der Waals surface area (Å²) in [6.45, 7) is 3.07. The van der Waals surface area contributed by atoms with Crippen LogP contribution in [0.3, 0.4) is 0 Å². The Hall–Kier alpha value is -1.76. The van der Waals surface area contributed by atoms with Crippen LogP contribution in [-0.2, 0) is 5.54 Å². The molecule has 0 radical (unpaired) electrons. The van der Waals surface area contributed by atoms with Crippen molar-refractivity contribution in [3.8, 4) is 0 Å². The van der Waals surface area contributed by atoms with Crippen LogP contribution in [0.1, 0.15) is 63.9 Å². The number of alkyl halides is 2. The molecule has 2 N–H and O–H groups in total. The van der Waals surface area contributed by atoms with E-state index in [9.17, 15) is 18.0 Å². The number of nitrogens with one attached hydrogen (secondary N) is 2. The standard InChI is InChI=1S/C23H34F3N3O/c1-22(19-7-3-4-8-20(19)24)11-5-6-14-29(22)21(30)28-18(16-27-2)15-17-9-12-23(25,26)13-10-17/h3-4,7-8,17-18,27H,5-6,9-16H2,1-2H3,(H,28,30)/t18-,22?/m0/s1. The van der Waals surface area contributed by atoms with Gasteiger partial charge < -0.3 is 15.5 Å². The van der Waals surface area contributed by atoms with Gasteiger partial charge in [0.15, 0.2) is 0 Å². The number of hydrogen-bond acceptors (Lipinski definition) is 2. The summed E-state index contributed by atoms with van der Waals surface area (Å²) in [5.41, 5.74) is -0.162. The highest BCUT2D eigenvalue weighted by molar-refractivity contribution is 5.76. The van der Waals surface area contributed by atoms with Crippen molar-refractivity contribution in [2.75, 3.05) is 20.1 Å². The highest BCUT2D eigenvalue weighted by Crippen LogP contribution is 2.39. The Kier molecular flexibility index (Phi) is 7.32. The first-order valence-corrected chi connectivity index (χ1v) is 11.1. The molecule has 2 amide bonds. The monoisotopic (exact) mass is 425 g/mol. The lowest BCUT2D eigenvalue weighted by Crippen LogP contribution is -2.57. The van der Waals surface area contributed by atoms with Crippen molar-refractivity contribution in [2.24, 2.45) is 5.92 Å². The highest BCUT2D eigenvalue weighted by Gasteiger charge is 2.41. The average Bonchev–Trinajstić information content (AvgIpc) is 2.70. The van der Waals surface area contributed by atoms with E-state index in [2.05, 4.69) is 10.6 Å². The summed E-state index contributed by atoms with van der Waals surface area (Å²) < 4.78 is 41.5. The Morgan fingerprint density at radius 3 is 2.57 bits per heavy atom. The minimum absolute atomic E-state index is 0.0740.